The Morgan fingerprint density at radius 1 is 1.55 bits per heavy atom. The van der Waals surface area contributed by atoms with Crippen LogP contribution in [0.5, 0.6) is 0 Å². The second-order valence-electron chi connectivity index (χ2n) is 4.41. The molecule has 20 heavy (non-hydrogen) atoms. The molecule has 3 N–H and O–H groups in total. The average molecular weight is 277 g/mol. The first-order valence-corrected chi connectivity index (χ1v) is 6.62. The van der Waals surface area contributed by atoms with Crippen LogP contribution in [0.2, 0.25) is 0 Å². The van der Waals surface area contributed by atoms with Crippen LogP contribution in [0.1, 0.15) is 48.7 Å². The third-order valence-corrected chi connectivity index (χ3v) is 3.20. The quantitative estimate of drug-likeness (QED) is 0.808. The van der Waals surface area contributed by atoms with E-state index in [4.69, 9.17) is 10.5 Å². The molecule has 0 fully saturated rings. The second kappa shape index (κ2) is 5.77. The molecule has 0 amide bonds. The van der Waals surface area contributed by atoms with E-state index in [2.05, 4.69) is 15.2 Å². The van der Waals surface area contributed by atoms with Crippen LogP contribution < -0.4 is 5.73 Å². The van der Waals surface area contributed by atoms with E-state index in [0.29, 0.717) is 18.8 Å². The van der Waals surface area contributed by atoms with Crippen molar-refractivity contribution in [1.82, 2.24) is 19.7 Å². The summed E-state index contributed by atoms with van der Waals surface area (Å²) in [6, 6.07) is -0.0561. The molecule has 1 unspecified atom stereocenters. The fourth-order valence-corrected chi connectivity index (χ4v) is 2.16. The number of ether oxygens (including phenoxy) is 1. The maximum absolute atomic E-state index is 11.9. The normalized spacial score (nSPS) is 12.3. The van der Waals surface area contributed by atoms with Crippen LogP contribution in [-0.4, -0.2) is 32.3 Å². The number of nitrogens with zero attached hydrogens (tertiary/aromatic N) is 3. The van der Waals surface area contributed by atoms with E-state index < -0.39 is 5.97 Å². The summed E-state index contributed by atoms with van der Waals surface area (Å²) in [5.41, 5.74) is 7.24. The topological polar surface area (TPSA) is 98.8 Å². The number of nitrogens with one attached hydrogen (secondary N) is 1. The van der Waals surface area contributed by atoms with Gasteiger partial charge in [0.15, 0.2) is 5.69 Å². The minimum absolute atomic E-state index is 0.0561. The Kier molecular flexibility index (Phi) is 4.07. The number of anilines is 1. The Labute approximate surface area is 117 Å². The van der Waals surface area contributed by atoms with E-state index in [-0.39, 0.29) is 11.7 Å². The second-order valence-corrected chi connectivity index (χ2v) is 4.41. The van der Waals surface area contributed by atoms with E-state index in [0.717, 1.165) is 11.4 Å². The van der Waals surface area contributed by atoms with Gasteiger partial charge in [-0.1, -0.05) is 6.92 Å². The zero-order valence-corrected chi connectivity index (χ0v) is 11.9. The molecule has 108 valence electrons. The highest BCUT2D eigenvalue weighted by molar-refractivity contribution is 5.92. The molecule has 0 aromatic carbocycles. The van der Waals surface area contributed by atoms with Gasteiger partial charge in [0.2, 0.25) is 0 Å². The first-order valence-electron chi connectivity index (χ1n) is 6.62. The Morgan fingerprint density at radius 3 is 2.85 bits per heavy atom. The number of nitrogen functional groups attached to an aromatic ring is 1. The molecule has 0 radical (unpaired) electrons. The average Bonchev–Trinajstić information content (AvgIpc) is 3.05. The number of aromatic nitrogens is 4. The molecule has 2 aromatic heterocycles. The maximum Gasteiger partial charge on any atom is 0.360 e. The number of hydrogen-bond donors (Lipinski definition) is 2. The van der Waals surface area contributed by atoms with Gasteiger partial charge in [-0.3, -0.25) is 5.10 Å². The number of carbonyl (C=O) groups excluding carboxylic acids is 1. The summed E-state index contributed by atoms with van der Waals surface area (Å²) in [6.07, 6.45) is 4.20. The van der Waals surface area contributed by atoms with E-state index in [1.807, 2.05) is 18.4 Å². The lowest BCUT2D eigenvalue weighted by atomic mass is 10.2. The molecule has 1 atom stereocenters. The summed E-state index contributed by atoms with van der Waals surface area (Å²) in [5.74, 6) is 0.589. The summed E-state index contributed by atoms with van der Waals surface area (Å²) in [5, 5.41) is 6.71. The van der Waals surface area contributed by atoms with Crippen LogP contribution >= 0.6 is 0 Å². The standard InChI is InChI=1S/C13H19N5O2/c1-4-10-17-11(13(19)20-5-2)12(14)18(10)8(3)9-6-15-16-7-9/h6-8H,4-5,14H2,1-3H3,(H,15,16). The summed E-state index contributed by atoms with van der Waals surface area (Å²) in [6.45, 7) is 6.00. The molecule has 0 aliphatic carbocycles. The van der Waals surface area contributed by atoms with Gasteiger partial charge in [-0.2, -0.15) is 5.10 Å². The Balaban J connectivity index is 2.44. The highest BCUT2D eigenvalue weighted by atomic mass is 16.5. The van der Waals surface area contributed by atoms with Crippen LogP contribution in [0, 0.1) is 0 Å². The van der Waals surface area contributed by atoms with Crippen molar-refractivity contribution in [3.05, 3.63) is 29.5 Å². The number of carbonyl (C=O) groups is 1. The molecule has 2 heterocycles. The minimum atomic E-state index is -0.488. The number of aromatic amines is 1. The number of H-pyrrole nitrogens is 1. The Hall–Kier alpha value is -2.31. The van der Waals surface area contributed by atoms with Gasteiger partial charge >= 0.3 is 5.97 Å². The van der Waals surface area contributed by atoms with Gasteiger partial charge in [-0.05, 0) is 13.8 Å². The van der Waals surface area contributed by atoms with Gasteiger partial charge in [-0.15, -0.1) is 0 Å². The van der Waals surface area contributed by atoms with Gasteiger partial charge in [0.25, 0.3) is 0 Å². The number of rotatable bonds is 5. The highest BCUT2D eigenvalue weighted by Gasteiger charge is 2.24. The molecular weight excluding hydrogens is 258 g/mol. The SMILES string of the molecule is CCOC(=O)c1nc(CC)n(C(C)c2cn[nH]c2)c1N. The number of nitrogens with two attached hydrogens (primary N) is 1. The van der Waals surface area contributed by atoms with Crippen molar-refractivity contribution in [3.8, 4) is 0 Å². The van der Waals surface area contributed by atoms with Gasteiger partial charge in [0.05, 0.1) is 18.8 Å². The first kappa shape index (κ1) is 14.1. The van der Waals surface area contributed by atoms with Crippen molar-refractivity contribution in [1.29, 1.82) is 0 Å². The van der Waals surface area contributed by atoms with Gasteiger partial charge < -0.3 is 15.0 Å². The van der Waals surface area contributed by atoms with E-state index in [1.165, 1.54) is 0 Å². The van der Waals surface area contributed by atoms with Crippen LogP contribution in [0.3, 0.4) is 0 Å². The summed E-state index contributed by atoms with van der Waals surface area (Å²) in [7, 11) is 0. The van der Waals surface area contributed by atoms with Crippen molar-refractivity contribution in [2.24, 2.45) is 0 Å². The minimum Gasteiger partial charge on any atom is -0.461 e. The lowest BCUT2D eigenvalue weighted by molar-refractivity contribution is 0.0521. The summed E-state index contributed by atoms with van der Waals surface area (Å²) in [4.78, 5) is 16.2. The molecule has 0 saturated heterocycles. The monoisotopic (exact) mass is 277 g/mol. The summed E-state index contributed by atoms with van der Waals surface area (Å²) >= 11 is 0. The number of hydrogen-bond acceptors (Lipinski definition) is 5. The molecule has 0 aliphatic rings. The smallest absolute Gasteiger partial charge is 0.360 e. The molecule has 0 saturated carbocycles. The van der Waals surface area contributed by atoms with Gasteiger partial charge in [0.1, 0.15) is 11.6 Å². The third-order valence-electron chi connectivity index (χ3n) is 3.20. The van der Waals surface area contributed by atoms with Crippen molar-refractivity contribution in [3.63, 3.8) is 0 Å². The summed E-state index contributed by atoms with van der Waals surface area (Å²) < 4.78 is 6.82. The molecule has 7 nitrogen and oxygen atoms in total. The zero-order valence-electron chi connectivity index (χ0n) is 11.9. The fourth-order valence-electron chi connectivity index (χ4n) is 2.16. The van der Waals surface area contributed by atoms with Crippen molar-refractivity contribution < 1.29 is 9.53 Å². The number of esters is 1. The Bertz CT molecular complexity index is 588. The molecule has 2 aromatic rings. The van der Waals surface area contributed by atoms with Gasteiger partial charge in [-0.25, -0.2) is 9.78 Å². The van der Waals surface area contributed by atoms with Crippen LogP contribution in [0.25, 0.3) is 0 Å². The number of aryl methyl sites for hydroxylation is 1. The fraction of sp³-hybridized carbons (Fsp3) is 0.462. The third kappa shape index (κ3) is 2.38. The predicted octanol–water partition coefficient (Wildman–Crippen LogP) is 1.54. The van der Waals surface area contributed by atoms with Crippen LogP contribution in [0.4, 0.5) is 5.82 Å². The van der Waals surface area contributed by atoms with Crippen molar-refractivity contribution in [2.45, 2.75) is 33.2 Å². The number of imidazole rings is 1. The van der Waals surface area contributed by atoms with E-state index in [9.17, 15) is 4.79 Å². The predicted molar refractivity (Wildman–Crippen MR) is 74.4 cm³/mol. The molecule has 7 heteroatoms. The van der Waals surface area contributed by atoms with Crippen LogP contribution in [0.15, 0.2) is 12.4 Å². The lowest BCUT2D eigenvalue weighted by Crippen LogP contribution is -2.14. The molecule has 2 rings (SSSR count). The zero-order chi connectivity index (χ0) is 14.7. The molecule has 0 aliphatic heterocycles. The highest BCUT2D eigenvalue weighted by Crippen LogP contribution is 2.26. The van der Waals surface area contributed by atoms with Crippen LogP contribution in [-0.2, 0) is 11.2 Å². The largest absolute Gasteiger partial charge is 0.461 e. The van der Waals surface area contributed by atoms with E-state index in [1.54, 1.807) is 19.3 Å². The van der Waals surface area contributed by atoms with Crippen molar-refractivity contribution in [2.75, 3.05) is 12.3 Å². The maximum atomic E-state index is 11.9. The van der Waals surface area contributed by atoms with E-state index >= 15 is 0 Å². The molecule has 0 bridgehead atoms. The molecule has 0 spiro atoms. The lowest BCUT2D eigenvalue weighted by Gasteiger charge is -2.16. The first-order chi connectivity index (χ1) is 9.60. The van der Waals surface area contributed by atoms with Crippen molar-refractivity contribution >= 4 is 11.8 Å². The molecular formula is C13H19N5O2. The van der Waals surface area contributed by atoms with Gasteiger partial charge in [0, 0.05) is 18.2 Å². The Morgan fingerprint density at radius 2 is 2.30 bits per heavy atom.